The standard InChI is InChI=1S/C49H33N3S/c1-49(2)40-22-12-9-19-33(40)36-27-37-34-20-10-13-23-44(34)52(45(37)28-41(36)49)32-25-38-35-21-11-14-24-46(35)53-47(38)39(26-32)48-50-42(30-15-5-3-6-16-30)29-43(51-48)31-17-7-4-8-18-31/h3-29H,1-2H3. The van der Waals surface area contributed by atoms with Crippen molar-refractivity contribution < 1.29 is 0 Å². The molecule has 1 aliphatic rings. The minimum Gasteiger partial charge on any atom is -0.309 e. The van der Waals surface area contributed by atoms with E-state index in [1.165, 1.54) is 64.2 Å². The molecule has 0 saturated heterocycles. The summed E-state index contributed by atoms with van der Waals surface area (Å²) in [5.41, 5.74) is 13.8. The lowest BCUT2D eigenvalue weighted by Crippen LogP contribution is -2.14. The van der Waals surface area contributed by atoms with Gasteiger partial charge in [0.1, 0.15) is 0 Å². The monoisotopic (exact) mass is 695 g/mol. The molecule has 3 aromatic heterocycles. The molecule has 0 fully saturated rings. The Kier molecular flexibility index (Phi) is 6.47. The molecule has 10 aromatic rings. The van der Waals surface area contributed by atoms with Gasteiger partial charge in [-0.15, -0.1) is 11.3 Å². The molecule has 250 valence electrons. The van der Waals surface area contributed by atoms with E-state index in [9.17, 15) is 0 Å². The number of fused-ring (bicyclic) bond motifs is 9. The SMILES string of the molecule is CC1(C)c2ccccc2-c2cc3c4ccccc4n(-c4cc(-c5nc(-c6ccccc6)cc(-c6ccccc6)n5)c5sc6ccccc6c5c4)c3cc21. The molecule has 0 unspecified atom stereocenters. The van der Waals surface area contributed by atoms with E-state index in [1.54, 1.807) is 0 Å². The van der Waals surface area contributed by atoms with Gasteiger partial charge in [-0.05, 0) is 64.7 Å². The number of benzene rings is 7. The first kappa shape index (κ1) is 30.3. The van der Waals surface area contributed by atoms with Crippen LogP contribution in [0.25, 0.3) is 92.7 Å². The van der Waals surface area contributed by atoms with Gasteiger partial charge in [-0.25, -0.2) is 9.97 Å². The lowest BCUT2D eigenvalue weighted by Gasteiger charge is -2.21. The third-order valence-corrected chi connectivity index (χ3v) is 12.4. The Morgan fingerprint density at radius 1 is 0.472 bits per heavy atom. The average Bonchev–Trinajstić information content (AvgIpc) is 3.82. The summed E-state index contributed by atoms with van der Waals surface area (Å²) in [6.07, 6.45) is 0. The Morgan fingerprint density at radius 2 is 1.11 bits per heavy atom. The predicted molar refractivity (Wildman–Crippen MR) is 223 cm³/mol. The zero-order valence-corrected chi connectivity index (χ0v) is 30.2. The quantitative estimate of drug-likeness (QED) is 0.183. The fraction of sp³-hybridized carbons (Fsp3) is 0.0612. The highest BCUT2D eigenvalue weighted by atomic mass is 32.1. The zero-order valence-electron chi connectivity index (χ0n) is 29.3. The minimum absolute atomic E-state index is 0.111. The third-order valence-electron chi connectivity index (χ3n) is 11.2. The van der Waals surface area contributed by atoms with E-state index in [0.29, 0.717) is 0 Å². The van der Waals surface area contributed by atoms with Crippen LogP contribution >= 0.6 is 11.3 Å². The molecule has 53 heavy (non-hydrogen) atoms. The van der Waals surface area contributed by atoms with E-state index in [0.717, 1.165) is 39.6 Å². The Balaban J connectivity index is 1.24. The number of para-hydroxylation sites is 1. The molecular formula is C49H33N3S. The third kappa shape index (κ3) is 4.52. The van der Waals surface area contributed by atoms with Crippen molar-refractivity contribution in [3.05, 3.63) is 175 Å². The number of aromatic nitrogens is 3. The van der Waals surface area contributed by atoms with E-state index in [-0.39, 0.29) is 5.41 Å². The minimum atomic E-state index is -0.111. The first-order valence-corrected chi connectivity index (χ1v) is 19.0. The van der Waals surface area contributed by atoms with Gasteiger partial charge in [-0.2, -0.15) is 0 Å². The van der Waals surface area contributed by atoms with E-state index in [2.05, 4.69) is 182 Å². The molecule has 0 saturated carbocycles. The summed E-state index contributed by atoms with van der Waals surface area (Å²) in [6, 6.07) is 59.1. The van der Waals surface area contributed by atoms with Crippen molar-refractivity contribution >= 4 is 53.3 Å². The predicted octanol–water partition coefficient (Wildman–Crippen LogP) is 13.2. The van der Waals surface area contributed by atoms with Gasteiger partial charge in [0.05, 0.1) is 22.4 Å². The number of nitrogens with zero attached hydrogens (tertiary/aromatic N) is 3. The molecule has 0 amide bonds. The van der Waals surface area contributed by atoms with E-state index < -0.39 is 0 Å². The van der Waals surface area contributed by atoms with Crippen LogP contribution in [0.1, 0.15) is 25.0 Å². The average molecular weight is 696 g/mol. The van der Waals surface area contributed by atoms with Gasteiger partial charge in [0.2, 0.25) is 0 Å². The number of hydrogen-bond donors (Lipinski definition) is 0. The molecule has 0 spiro atoms. The van der Waals surface area contributed by atoms with Crippen molar-refractivity contribution in [1.29, 1.82) is 0 Å². The Labute approximate surface area is 311 Å². The highest BCUT2D eigenvalue weighted by Crippen LogP contribution is 2.51. The zero-order chi connectivity index (χ0) is 35.3. The fourth-order valence-electron chi connectivity index (χ4n) is 8.63. The van der Waals surface area contributed by atoms with Crippen molar-refractivity contribution in [1.82, 2.24) is 14.5 Å². The second-order valence-electron chi connectivity index (χ2n) is 14.6. The van der Waals surface area contributed by atoms with Crippen molar-refractivity contribution in [3.63, 3.8) is 0 Å². The van der Waals surface area contributed by atoms with Crippen LogP contribution in [0.4, 0.5) is 0 Å². The number of rotatable bonds is 4. The topological polar surface area (TPSA) is 30.7 Å². The van der Waals surface area contributed by atoms with Gasteiger partial charge < -0.3 is 4.57 Å². The summed E-state index contributed by atoms with van der Waals surface area (Å²) in [7, 11) is 0. The summed E-state index contributed by atoms with van der Waals surface area (Å²) >= 11 is 1.82. The first-order valence-electron chi connectivity index (χ1n) is 18.2. The van der Waals surface area contributed by atoms with E-state index >= 15 is 0 Å². The molecule has 11 rings (SSSR count). The highest BCUT2D eigenvalue weighted by Gasteiger charge is 2.36. The molecule has 3 nitrogen and oxygen atoms in total. The van der Waals surface area contributed by atoms with Crippen LogP contribution in [0.2, 0.25) is 0 Å². The normalized spacial score (nSPS) is 13.2. The summed E-state index contributed by atoms with van der Waals surface area (Å²) in [5, 5.41) is 4.97. The Hall–Kier alpha value is -6.36. The molecule has 7 aromatic carbocycles. The maximum absolute atomic E-state index is 5.34. The van der Waals surface area contributed by atoms with Crippen LogP contribution in [0, 0.1) is 0 Å². The van der Waals surface area contributed by atoms with Crippen LogP contribution in [-0.2, 0) is 5.41 Å². The van der Waals surface area contributed by atoms with Crippen LogP contribution in [0.5, 0.6) is 0 Å². The first-order chi connectivity index (χ1) is 26.0. The maximum atomic E-state index is 5.34. The second kappa shape index (κ2) is 11.3. The summed E-state index contributed by atoms with van der Waals surface area (Å²) in [6.45, 7) is 4.72. The van der Waals surface area contributed by atoms with Crippen molar-refractivity contribution in [3.8, 4) is 50.7 Å². The molecule has 0 radical (unpaired) electrons. The Bertz CT molecular complexity index is 3020. The van der Waals surface area contributed by atoms with Gasteiger partial charge in [0, 0.05) is 58.7 Å². The summed E-state index contributed by atoms with van der Waals surface area (Å²) < 4.78 is 4.92. The second-order valence-corrected chi connectivity index (χ2v) is 15.7. The van der Waals surface area contributed by atoms with Crippen LogP contribution in [-0.4, -0.2) is 14.5 Å². The van der Waals surface area contributed by atoms with Gasteiger partial charge in [0.25, 0.3) is 0 Å². The summed E-state index contributed by atoms with van der Waals surface area (Å²) in [4.78, 5) is 10.7. The lowest BCUT2D eigenvalue weighted by molar-refractivity contribution is 0.661. The lowest BCUT2D eigenvalue weighted by atomic mass is 9.82. The number of hydrogen-bond acceptors (Lipinski definition) is 3. The Morgan fingerprint density at radius 3 is 1.87 bits per heavy atom. The smallest absolute Gasteiger partial charge is 0.161 e. The number of thiophene rings is 1. The van der Waals surface area contributed by atoms with Crippen molar-refractivity contribution in [2.75, 3.05) is 0 Å². The fourth-order valence-corrected chi connectivity index (χ4v) is 9.82. The van der Waals surface area contributed by atoms with Crippen LogP contribution in [0.3, 0.4) is 0 Å². The van der Waals surface area contributed by atoms with Crippen LogP contribution < -0.4 is 0 Å². The molecule has 0 bridgehead atoms. The van der Waals surface area contributed by atoms with Crippen LogP contribution in [0.15, 0.2) is 164 Å². The molecule has 4 heteroatoms. The van der Waals surface area contributed by atoms with Crippen molar-refractivity contribution in [2.24, 2.45) is 0 Å². The van der Waals surface area contributed by atoms with Crippen molar-refractivity contribution in [2.45, 2.75) is 19.3 Å². The maximum Gasteiger partial charge on any atom is 0.161 e. The molecular weight excluding hydrogens is 663 g/mol. The molecule has 0 aliphatic heterocycles. The van der Waals surface area contributed by atoms with E-state index in [1.807, 2.05) is 11.3 Å². The molecule has 1 aliphatic carbocycles. The van der Waals surface area contributed by atoms with Gasteiger partial charge >= 0.3 is 0 Å². The highest BCUT2D eigenvalue weighted by molar-refractivity contribution is 7.26. The largest absolute Gasteiger partial charge is 0.309 e. The summed E-state index contributed by atoms with van der Waals surface area (Å²) in [5.74, 6) is 0.724. The van der Waals surface area contributed by atoms with Gasteiger partial charge in [-0.3, -0.25) is 0 Å². The van der Waals surface area contributed by atoms with Gasteiger partial charge in [-0.1, -0.05) is 135 Å². The van der Waals surface area contributed by atoms with Gasteiger partial charge in [0.15, 0.2) is 5.82 Å². The van der Waals surface area contributed by atoms with E-state index in [4.69, 9.17) is 9.97 Å². The molecule has 3 heterocycles. The molecule has 0 N–H and O–H groups in total. The molecule has 0 atom stereocenters.